The number of aromatic nitrogens is 1. The summed E-state index contributed by atoms with van der Waals surface area (Å²) in [5, 5.41) is 6.77. The third-order valence-electron chi connectivity index (χ3n) is 2.79. The van der Waals surface area contributed by atoms with Crippen LogP contribution in [0.3, 0.4) is 0 Å². The highest BCUT2D eigenvalue weighted by Crippen LogP contribution is 2.13. The van der Waals surface area contributed by atoms with Crippen LogP contribution in [0.25, 0.3) is 0 Å². The van der Waals surface area contributed by atoms with Crippen molar-refractivity contribution in [2.24, 2.45) is 0 Å². The maximum atomic E-state index is 5.34. The number of hydrogen-bond acceptors (Lipinski definition) is 5. The van der Waals surface area contributed by atoms with Crippen LogP contribution in [0.5, 0.6) is 0 Å². The third kappa shape index (κ3) is 4.35. The maximum Gasteiger partial charge on any atom is 0.107 e. The first-order valence-corrected chi connectivity index (χ1v) is 7.20. The van der Waals surface area contributed by atoms with Gasteiger partial charge in [-0.05, 0) is 13.0 Å². The van der Waals surface area contributed by atoms with Gasteiger partial charge < -0.3 is 10.1 Å². The molecule has 0 bridgehead atoms. The van der Waals surface area contributed by atoms with Crippen LogP contribution in [0.1, 0.15) is 24.0 Å². The summed E-state index contributed by atoms with van der Waals surface area (Å²) in [5.41, 5.74) is 1.17. The first kappa shape index (κ1) is 13.0. The molecule has 1 aliphatic heterocycles. The van der Waals surface area contributed by atoms with Crippen molar-refractivity contribution in [3.63, 3.8) is 0 Å². The number of nitrogens with zero attached hydrogens (tertiary/aromatic N) is 2. The molecule has 0 saturated carbocycles. The Bertz CT molecular complexity index is 323. The van der Waals surface area contributed by atoms with Gasteiger partial charge in [0.25, 0.3) is 0 Å². The van der Waals surface area contributed by atoms with Crippen molar-refractivity contribution in [3.8, 4) is 0 Å². The Morgan fingerprint density at radius 3 is 3.06 bits per heavy atom. The molecule has 1 aromatic rings. The summed E-state index contributed by atoms with van der Waals surface area (Å²) in [4.78, 5) is 7.06. The van der Waals surface area contributed by atoms with E-state index >= 15 is 0 Å². The van der Waals surface area contributed by atoms with E-state index in [0.717, 1.165) is 45.9 Å². The molecular formula is C12H21N3OS. The zero-order valence-electron chi connectivity index (χ0n) is 10.4. The minimum Gasteiger partial charge on any atom is -0.379 e. The first-order chi connectivity index (χ1) is 8.38. The highest BCUT2D eigenvalue weighted by molar-refractivity contribution is 7.09. The van der Waals surface area contributed by atoms with E-state index in [1.54, 1.807) is 11.3 Å². The summed E-state index contributed by atoms with van der Waals surface area (Å²) in [7, 11) is 0. The summed E-state index contributed by atoms with van der Waals surface area (Å²) in [6.45, 7) is 8.89. The molecule has 1 N–H and O–H groups in total. The molecule has 5 heteroatoms. The summed E-state index contributed by atoms with van der Waals surface area (Å²) >= 11 is 1.77. The van der Waals surface area contributed by atoms with Crippen molar-refractivity contribution < 1.29 is 4.74 Å². The van der Waals surface area contributed by atoms with Crippen LogP contribution in [0.15, 0.2) is 5.38 Å². The average Bonchev–Trinajstić information content (AvgIpc) is 2.79. The van der Waals surface area contributed by atoms with E-state index in [-0.39, 0.29) is 0 Å². The quantitative estimate of drug-likeness (QED) is 0.781. The second-order valence-electron chi connectivity index (χ2n) is 4.30. The number of rotatable bonds is 6. The molecule has 96 valence electrons. The monoisotopic (exact) mass is 255 g/mol. The van der Waals surface area contributed by atoms with E-state index in [0.29, 0.717) is 0 Å². The van der Waals surface area contributed by atoms with Gasteiger partial charge in [0.15, 0.2) is 0 Å². The summed E-state index contributed by atoms with van der Waals surface area (Å²) in [6.07, 6.45) is 1.17. The van der Waals surface area contributed by atoms with Gasteiger partial charge in [0.1, 0.15) is 5.01 Å². The standard InChI is InChI=1S/C12H21N3OS/c1-2-3-13-8-11-10-17-12(14-11)9-15-4-6-16-7-5-15/h10,13H,2-9H2,1H3. The molecule has 1 aromatic heterocycles. The van der Waals surface area contributed by atoms with Gasteiger partial charge in [-0.3, -0.25) is 4.90 Å². The van der Waals surface area contributed by atoms with Crippen LogP contribution >= 0.6 is 11.3 Å². The van der Waals surface area contributed by atoms with E-state index in [1.165, 1.54) is 17.1 Å². The Labute approximate surface area is 107 Å². The van der Waals surface area contributed by atoms with E-state index in [4.69, 9.17) is 4.74 Å². The summed E-state index contributed by atoms with van der Waals surface area (Å²) in [6, 6.07) is 0. The number of nitrogens with one attached hydrogen (secondary N) is 1. The van der Waals surface area contributed by atoms with E-state index in [9.17, 15) is 0 Å². The summed E-state index contributed by atoms with van der Waals surface area (Å²) < 4.78 is 5.34. The van der Waals surface area contributed by atoms with E-state index in [1.807, 2.05) is 0 Å². The Morgan fingerprint density at radius 2 is 2.29 bits per heavy atom. The van der Waals surface area contributed by atoms with Crippen LogP contribution in [-0.2, 0) is 17.8 Å². The van der Waals surface area contributed by atoms with Gasteiger partial charge in [0, 0.05) is 25.0 Å². The van der Waals surface area contributed by atoms with Crippen LogP contribution in [-0.4, -0.2) is 42.7 Å². The van der Waals surface area contributed by atoms with Crippen molar-refractivity contribution >= 4 is 11.3 Å². The molecule has 17 heavy (non-hydrogen) atoms. The summed E-state index contributed by atoms with van der Waals surface area (Å²) in [5.74, 6) is 0. The zero-order valence-corrected chi connectivity index (χ0v) is 11.3. The fourth-order valence-corrected chi connectivity index (χ4v) is 2.68. The van der Waals surface area contributed by atoms with Gasteiger partial charge >= 0.3 is 0 Å². The normalized spacial score (nSPS) is 17.5. The number of morpholine rings is 1. The predicted molar refractivity (Wildman–Crippen MR) is 70.2 cm³/mol. The molecule has 0 atom stereocenters. The van der Waals surface area contributed by atoms with Gasteiger partial charge in [0.05, 0.1) is 25.5 Å². The first-order valence-electron chi connectivity index (χ1n) is 6.32. The predicted octanol–water partition coefficient (Wildman–Crippen LogP) is 1.47. The lowest BCUT2D eigenvalue weighted by Gasteiger charge is -2.25. The van der Waals surface area contributed by atoms with Crippen LogP contribution in [0.4, 0.5) is 0 Å². The van der Waals surface area contributed by atoms with Gasteiger partial charge in [-0.1, -0.05) is 6.92 Å². The maximum absolute atomic E-state index is 5.34. The SMILES string of the molecule is CCCNCc1csc(CN2CCOCC2)n1. The molecule has 1 aliphatic rings. The van der Waals surface area contributed by atoms with Crippen molar-refractivity contribution in [2.45, 2.75) is 26.4 Å². The largest absolute Gasteiger partial charge is 0.379 e. The lowest BCUT2D eigenvalue weighted by atomic mass is 10.4. The molecule has 0 amide bonds. The molecule has 0 unspecified atom stereocenters. The average molecular weight is 255 g/mol. The second kappa shape index (κ2) is 7.06. The third-order valence-corrected chi connectivity index (χ3v) is 3.68. The molecule has 0 radical (unpaired) electrons. The van der Waals surface area contributed by atoms with Crippen molar-refractivity contribution in [3.05, 3.63) is 16.1 Å². The Morgan fingerprint density at radius 1 is 1.47 bits per heavy atom. The molecule has 1 saturated heterocycles. The minimum atomic E-state index is 0.857. The molecule has 0 aromatic carbocycles. The Kier molecular flexibility index (Phi) is 5.38. The smallest absolute Gasteiger partial charge is 0.107 e. The highest BCUT2D eigenvalue weighted by atomic mass is 32.1. The van der Waals surface area contributed by atoms with Crippen LogP contribution in [0, 0.1) is 0 Å². The topological polar surface area (TPSA) is 37.4 Å². The van der Waals surface area contributed by atoms with Crippen molar-refractivity contribution in [1.82, 2.24) is 15.2 Å². The van der Waals surface area contributed by atoms with Gasteiger partial charge in [-0.2, -0.15) is 0 Å². The number of thiazole rings is 1. The lowest BCUT2D eigenvalue weighted by molar-refractivity contribution is 0.0341. The molecular weight excluding hydrogens is 234 g/mol. The Balaban J connectivity index is 1.76. The highest BCUT2D eigenvalue weighted by Gasteiger charge is 2.12. The van der Waals surface area contributed by atoms with E-state index < -0.39 is 0 Å². The molecule has 4 nitrogen and oxygen atoms in total. The molecule has 0 aliphatic carbocycles. The van der Waals surface area contributed by atoms with Crippen LogP contribution < -0.4 is 5.32 Å². The van der Waals surface area contributed by atoms with Crippen molar-refractivity contribution in [2.75, 3.05) is 32.8 Å². The number of ether oxygens (including phenoxy) is 1. The second-order valence-corrected chi connectivity index (χ2v) is 5.24. The fraction of sp³-hybridized carbons (Fsp3) is 0.750. The van der Waals surface area contributed by atoms with Gasteiger partial charge in [-0.15, -0.1) is 11.3 Å². The molecule has 2 heterocycles. The van der Waals surface area contributed by atoms with Crippen molar-refractivity contribution in [1.29, 1.82) is 0 Å². The zero-order chi connectivity index (χ0) is 11.9. The van der Waals surface area contributed by atoms with Crippen LogP contribution in [0.2, 0.25) is 0 Å². The van der Waals surface area contributed by atoms with Gasteiger partial charge in [0.2, 0.25) is 0 Å². The molecule has 2 rings (SSSR count). The molecule has 1 fully saturated rings. The van der Waals surface area contributed by atoms with Gasteiger partial charge in [-0.25, -0.2) is 4.98 Å². The fourth-order valence-electron chi connectivity index (χ4n) is 1.85. The molecule has 0 spiro atoms. The minimum absolute atomic E-state index is 0.857. The van der Waals surface area contributed by atoms with E-state index in [2.05, 4.69) is 27.5 Å². The lowest BCUT2D eigenvalue weighted by Crippen LogP contribution is -2.35. The Hall–Kier alpha value is -0.490. The number of hydrogen-bond donors (Lipinski definition) is 1.